The largest absolute Gasteiger partial charge is 0.351 e. The van der Waals surface area contributed by atoms with Gasteiger partial charge in [0.2, 0.25) is 5.76 Å². The molecule has 5 heteroatoms. The van der Waals surface area contributed by atoms with Gasteiger partial charge in [-0.1, -0.05) is 12.1 Å². The number of nitrogens with zero attached hydrogens (tertiary/aromatic N) is 1. The molecule has 0 aromatic carbocycles. The Morgan fingerprint density at radius 2 is 2.24 bits per heavy atom. The number of nitrogens with two attached hydrogens (primary N) is 1. The summed E-state index contributed by atoms with van der Waals surface area (Å²) in [6.45, 7) is 1.97. The van der Waals surface area contributed by atoms with Crippen LogP contribution in [0.1, 0.15) is 48.9 Å². The number of rotatable bonds is 3. The summed E-state index contributed by atoms with van der Waals surface area (Å²) < 4.78 is 4.99. The molecule has 1 aliphatic rings. The lowest BCUT2D eigenvalue weighted by Gasteiger charge is -2.26. The first-order chi connectivity index (χ1) is 8.19. The van der Waals surface area contributed by atoms with Gasteiger partial charge in [0, 0.05) is 18.2 Å². The van der Waals surface area contributed by atoms with Gasteiger partial charge in [0.05, 0.1) is 5.69 Å². The topological polar surface area (TPSA) is 81.2 Å². The highest BCUT2D eigenvalue weighted by atomic mass is 16.5. The maximum Gasteiger partial charge on any atom is 0.290 e. The zero-order chi connectivity index (χ0) is 12.3. The Kier molecular flexibility index (Phi) is 3.78. The van der Waals surface area contributed by atoms with Crippen molar-refractivity contribution in [2.45, 2.75) is 51.1 Å². The van der Waals surface area contributed by atoms with Crippen LogP contribution >= 0.6 is 0 Å². The number of carbonyl (C=O) groups is 1. The second-order valence-corrected chi connectivity index (χ2v) is 4.62. The summed E-state index contributed by atoms with van der Waals surface area (Å²) >= 11 is 0. The monoisotopic (exact) mass is 237 g/mol. The maximum atomic E-state index is 11.8. The number of nitrogens with one attached hydrogen (secondary N) is 1. The summed E-state index contributed by atoms with van der Waals surface area (Å²) in [5.41, 5.74) is 6.63. The fourth-order valence-electron chi connectivity index (χ4n) is 2.11. The van der Waals surface area contributed by atoms with Crippen LogP contribution in [0.5, 0.6) is 0 Å². The smallest absolute Gasteiger partial charge is 0.290 e. The third-order valence-corrected chi connectivity index (χ3v) is 3.25. The molecule has 1 saturated carbocycles. The summed E-state index contributed by atoms with van der Waals surface area (Å²) in [5.74, 6) is 0.134. The van der Waals surface area contributed by atoms with Gasteiger partial charge in [-0.05, 0) is 32.1 Å². The van der Waals surface area contributed by atoms with Crippen molar-refractivity contribution < 1.29 is 9.32 Å². The molecule has 1 fully saturated rings. The van der Waals surface area contributed by atoms with E-state index < -0.39 is 0 Å². The van der Waals surface area contributed by atoms with Crippen molar-refractivity contribution in [3.63, 3.8) is 0 Å². The van der Waals surface area contributed by atoms with E-state index in [4.69, 9.17) is 10.3 Å². The van der Waals surface area contributed by atoms with Gasteiger partial charge in [-0.3, -0.25) is 4.79 Å². The van der Waals surface area contributed by atoms with Crippen LogP contribution in [-0.2, 0) is 6.42 Å². The van der Waals surface area contributed by atoms with E-state index in [1.54, 1.807) is 6.07 Å². The van der Waals surface area contributed by atoms with Crippen molar-refractivity contribution in [1.29, 1.82) is 0 Å². The predicted octanol–water partition coefficient (Wildman–Crippen LogP) is 1.24. The SMILES string of the molecule is CCc1cc(C(=O)NC2CCC(N)CC2)on1. The molecule has 0 radical (unpaired) electrons. The molecular formula is C12H19N3O2. The van der Waals surface area contributed by atoms with Gasteiger partial charge in [0.1, 0.15) is 0 Å². The van der Waals surface area contributed by atoms with E-state index in [9.17, 15) is 4.79 Å². The first-order valence-corrected chi connectivity index (χ1v) is 6.21. The van der Waals surface area contributed by atoms with E-state index in [1.807, 2.05) is 6.92 Å². The second-order valence-electron chi connectivity index (χ2n) is 4.62. The molecule has 0 atom stereocenters. The van der Waals surface area contributed by atoms with E-state index in [-0.39, 0.29) is 11.9 Å². The number of hydrogen-bond donors (Lipinski definition) is 2. The van der Waals surface area contributed by atoms with Crippen LogP contribution in [-0.4, -0.2) is 23.1 Å². The molecule has 1 heterocycles. The van der Waals surface area contributed by atoms with Crippen molar-refractivity contribution in [3.8, 4) is 0 Å². The second kappa shape index (κ2) is 5.31. The van der Waals surface area contributed by atoms with Crippen molar-refractivity contribution >= 4 is 5.91 Å². The lowest BCUT2D eigenvalue weighted by molar-refractivity contribution is 0.0888. The van der Waals surface area contributed by atoms with Gasteiger partial charge >= 0.3 is 0 Å². The fourth-order valence-corrected chi connectivity index (χ4v) is 2.11. The Labute approximate surface area is 101 Å². The summed E-state index contributed by atoms with van der Waals surface area (Å²) in [4.78, 5) is 11.8. The molecule has 1 aliphatic carbocycles. The van der Waals surface area contributed by atoms with Crippen LogP contribution in [0.4, 0.5) is 0 Å². The summed E-state index contributed by atoms with van der Waals surface area (Å²) in [7, 11) is 0. The highest BCUT2D eigenvalue weighted by Gasteiger charge is 2.22. The molecule has 3 N–H and O–H groups in total. The minimum atomic E-state index is -0.169. The number of amides is 1. The van der Waals surface area contributed by atoms with Crippen LogP contribution in [0, 0.1) is 0 Å². The summed E-state index contributed by atoms with van der Waals surface area (Å²) in [6, 6.07) is 2.21. The normalized spacial score (nSPS) is 24.6. The third-order valence-electron chi connectivity index (χ3n) is 3.25. The lowest BCUT2D eigenvalue weighted by atomic mass is 9.92. The molecule has 0 unspecified atom stereocenters. The van der Waals surface area contributed by atoms with Gasteiger partial charge in [-0.15, -0.1) is 0 Å². The highest BCUT2D eigenvalue weighted by molar-refractivity contribution is 5.91. The van der Waals surface area contributed by atoms with E-state index in [0.29, 0.717) is 11.8 Å². The highest BCUT2D eigenvalue weighted by Crippen LogP contribution is 2.17. The van der Waals surface area contributed by atoms with Crippen LogP contribution < -0.4 is 11.1 Å². The number of aromatic nitrogens is 1. The fraction of sp³-hybridized carbons (Fsp3) is 0.667. The molecule has 1 aromatic rings. The molecule has 0 bridgehead atoms. The van der Waals surface area contributed by atoms with Crippen molar-refractivity contribution in [2.24, 2.45) is 5.73 Å². The molecule has 0 spiro atoms. The van der Waals surface area contributed by atoms with E-state index in [0.717, 1.165) is 37.8 Å². The van der Waals surface area contributed by atoms with Crippen molar-refractivity contribution in [1.82, 2.24) is 10.5 Å². The predicted molar refractivity (Wildman–Crippen MR) is 63.6 cm³/mol. The zero-order valence-electron chi connectivity index (χ0n) is 10.1. The minimum Gasteiger partial charge on any atom is -0.351 e. The summed E-state index contributed by atoms with van der Waals surface area (Å²) in [5, 5.41) is 6.77. The van der Waals surface area contributed by atoms with Crippen LogP contribution in [0.25, 0.3) is 0 Å². The van der Waals surface area contributed by atoms with Crippen LogP contribution in [0.2, 0.25) is 0 Å². The Balaban J connectivity index is 1.88. The molecular weight excluding hydrogens is 218 g/mol. The van der Waals surface area contributed by atoms with Crippen molar-refractivity contribution in [2.75, 3.05) is 0 Å². The molecule has 1 aromatic heterocycles. The molecule has 94 valence electrons. The standard InChI is InChI=1S/C12H19N3O2/c1-2-9-7-11(17-15-9)12(16)14-10-5-3-8(13)4-6-10/h7-8,10H,2-6,13H2,1H3,(H,14,16). The number of carbonyl (C=O) groups excluding carboxylic acids is 1. The van der Waals surface area contributed by atoms with Gasteiger partial charge in [-0.25, -0.2) is 0 Å². The molecule has 0 saturated heterocycles. The minimum absolute atomic E-state index is 0.169. The lowest BCUT2D eigenvalue weighted by Crippen LogP contribution is -2.40. The van der Waals surface area contributed by atoms with Gasteiger partial charge in [0.25, 0.3) is 5.91 Å². The Morgan fingerprint density at radius 3 is 2.82 bits per heavy atom. The van der Waals surface area contributed by atoms with E-state index in [1.165, 1.54) is 0 Å². The third kappa shape index (κ3) is 3.06. The first kappa shape index (κ1) is 12.1. The summed E-state index contributed by atoms with van der Waals surface area (Å²) in [6.07, 6.45) is 4.61. The number of hydrogen-bond acceptors (Lipinski definition) is 4. The average Bonchev–Trinajstić information content (AvgIpc) is 2.81. The molecule has 5 nitrogen and oxygen atoms in total. The Bertz CT molecular complexity index is 381. The zero-order valence-corrected chi connectivity index (χ0v) is 10.1. The van der Waals surface area contributed by atoms with Gasteiger partial charge < -0.3 is 15.6 Å². The average molecular weight is 237 g/mol. The Morgan fingerprint density at radius 1 is 1.53 bits per heavy atom. The van der Waals surface area contributed by atoms with Crippen LogP contribution in [0.3, 0.4) is 0 Å². The van der Waals surface area contributed by atoms with Gasteiger partial charge in [0.15, 0.2) is 0 Å². The molecule has 17 heavy (non-hydrogen) atoms. The van der Waals surface area contributed by atoms with Crippen molar-refractivity contribution in [3.05, 3.63) is 17.5 Å². The van der Waals surface area contributed by atoms with Crippen LogP contribution in [0.15, 0.2) is 10.6 Å². The molecule has 0 aliphatic heterocycles. The van der Waals surface area contributed by atoms with E-state index >= 15 is 0 Å². The molecule has 2 rings (SSSR count). The molecule has 1 amide bonds. The first-order valence-electron chi connectivity index (χ1n) is 6.21. The quantitative estimate of drug-likeness (QED) is 0.828. The Hall–Kier alpha value is -1.36. The number of aryl methyl sites for hydroxylation is 1. The maximum absolute atomic E-state index is 11.8. The van der Waals surface area contributed by atoms with Gasteiger partial charge in [-0.2, -0.15) is 0 Å². The van der Waals surface area contributed by atoms with E-state index in [2.05, 4.69) is 10.5 Å².